The number of anilines is 1. The molecule has 0 unspecified atom stereocenters. The standard InChI is InChI=1S/C18H30FN/c1-2-3-4-5-6-7-8-9-10-11-15-20-18-14-12-13-17(19)16-18/h12-14,16,20H,2-11,15H2,1H3. The Kier molecular flexibility index (Phi) is 9.99. The summed E-state index contributed by atoms with van der Waals surface area (Å²) in [6.45, 7) is 3.21. The third kappa shape index (κ3) is 8.95. The van der Waals surface area contributed by atoms with Gasteiger partial charge >= 0.3 is 0 Å². The largest absolute Gasteiger partial charge is 0.385 e. The van der Waals surface area contributed by atoms with Gasteiger partial charge in [0.25, 0.3) is 0 Å². The summed E-state index contributed by atoms with van der Waals surface area (Å²) in [6.07, 6.45) is 13.5. The van der Waals surface area contributed by atoms with Gasteiger partial charge in [0.15, 0.2) is 0 Å². The molecule has 0 heterocycles. The Morgan fingerprint density at radius 2 is 1.45 bits per heavy atom. The molecule has 114 valence electrons. The van der Waals surface area contributed by atoms with Crippen molar-refractivity contribution in [3.8, 4) is 0 Å². The second kappa shape index (κ2) is 11.7. The van der Waals surface area contributed by atoms with Crippen LogP contribution >= 0.6 is 0 Å². The van der Waals surface area contributed by atoms with Crippen LogP contribution in [-0.2, 0) is 0 Å². The number of benzene rings is 1. The molecule has 0 bridgehead atoms. The molecule has 1 aromatic carbocycles. The van der Waals surface area contributed by atoms with Crippen molar-refractivity contribution in [2.45, 2.75) is 71.1 Å². The van der Waals surface area contributed by atoms with E-state index >= 15 is 0 Å². The lowest BCUT2D eigenvalue weighted by atomic mass is 10.1. The summed E-state index contributed by atoms with van der Waals surface area (Å²) in [5, 5.41) is 3.27. The van der Waals surface area contributed by atoms with E-state index in [1.807, 2.05) is 6.07 Å². The van der Waals surface area contributed by atoms with E-state index < -0.39 is 0 Å². The molecule has 0 saturated heterocycles. The lowest BCUT2D eigenvalue weighted by Crippen LogP contribution is -2.01. The summed E-state index contributed by atoms with van der Waals surface area (Å²) in [5.74, 6) is -0.168. The van der Waals surface area contributed by atoms with E-state index in [1.165, 1.54) is 70.3 Å². The molecule has 1 nitrogen and oxygen atoms in total. The fourth-order valence-corrected chi connectivity index (χ4v) is 2.44. The summed E-state index contributed by atoms with van der Waals surface area (Å²) in [4.78, 5) is 0. The second-order valence-corrected chi connectivity index (χ2v) is 5.62. The first-order chi connectivity index (χ1) is 9.83. The molecular formula is C18H30FN. The maximum atomic E-state index is 13.0. The van der Waals surface area contributed by atoms with Crippen molar-refractivity contribution < 1.29 is 4.39 Å². The zero-order valence-electron chi connectivity index (χ0n) is 13.0. The van der Waals surface area contributed by atoms with Gasteiger partial charge in [-0.3, -0.25) is 0 Å². The molecule has 0 aliphatic carbocycles. The molecule has 0 saturated carbocycles. The average Bonchev–Trinajstić information content (AvgIpc) is 2.45. The quantitative estimate of drug-likeness (QED) is 0.452. The molecule has 0 amide bonds. The number of rotatable bonds is 12. The van der Waals surface area contributed by atoms with Crippen LogP contribution in [0.2, 0.25) is 0 Å². The van der Waals surface area contributed by atoms with Crippen LogP contribution in [0.25, 0.3) is 0 Å². The Morgan fingerprint density at radius 3 is 2.05 bits per heavy atom. The minimum absolute atomic E-state index is 0.168. The molecule has 2 heteroatoms. The Labute approximate surface area is 124 Å². The highest BCUT2D eigenvalue weighted by Gasteiger charge is 1.95. The van der Waals surface area contributed by atoms with Gasteiger partial charge in [-0.2, -0.15) is 0 Å². The third-order valence-corrected chi connectivity index (χ3v) is 3.68. The van der Waals surface area contributed by atoms with Crippen molar-refractivity contribution in [2.24, 2.45) is 0 Å². The van der Waals surface area contributed by atoms with Crippen LogP contribution in [0.15, 0.2) is 24.3 Å². The first-order valence-corrected chi connectivity index (χ1v) is 8.32. The number of hydrogen-bond donors (Lipinski definition) is 1. The average molecular weight is 279 g/mol. The zero-order chi connectivity index (χ0) is 14.5. The predicted molar refractivity (Wildman–Crippen MR) is 86.7 cm³/mol. The van der Waals surface area contributed by atoms with Crippen LogP contribution in [0.5, 0.6) is 0 Å². The van der Waals surface area contributed by atoms with Crippen molar-refractivity contribution in [1.29, 1.82) is 0 Å². The van der Waals surface area contributed by atoms with E-state index in [0.717, 1.165) is 12.2 Å². The SMILES string of the molecule is CCCCCCCCCCCCNc1cccc(F)c1. The Bertz CT molecular complexity index is 338. The molecule has 1 N–H and O–H groups in total. The second-order valence-electron chi connectivity index (χ2n) is 5.62. The van der Waals surface area contributed by atoms with Crippen LogP contribution in [0.4, 0.5) is 10.1 Å². The van der Waals surface area contributed by atoms with Crippen LogP contribution in [0, 0.1) is 5.82 Å². The molecule has 1 aromatic rings. The lowest BCUT2D eigenvalue weighted by Gasteiger charge is -2.06. The monoisotopic (exact) mass is 279 g/mol. The van der Waals surface area contributed by atoms with E-state index in [-0.39, 0.29) is 5.82 Å². The van der Waals surface area contributed by atoms with E-state index in [1.54, 1.807) is 12.1 Å². The number of halogens is 1. The molecule has 20 heavy (non-hydrogen) atoms. The normalized spacial score (nSPS) is 10.7. The summed E-state index contributed by atoms with van der Waals surface area (Å²) in [5.41, 5.74) is 0.890. The summed E-state index contributed by atoms with van der Waals surface area (Å²) in [6, 6.07) is 6.69. The molecule has 0 aromatic heterocycles. The van der Waals surface area contributed by atoms with Gasteiger partial charge < -0.3 is 5.32 Å². The predicted octanol–water partition coefficient (Wildman–Crippen LogP) is 6.16. The molecule has 0 atom stereocenters. The van der Waals surface area contributed by atoms with Gasteiger partial charge in [-0.25, -0.2) is 4.39 Å². The van der Waals surface area contributed by atoms with Crippen LogP contribution < -0.4 is 5.32 Å². The van der Waals surface area contributed by atoms with Crippen molar-refractivity contribution in [3.63, 3.8) is 0 Å². The Hall–Kier alpha value is -1.05. The zero-order valence-corrected chi connectivity index (χ0v) is 13.0. The molecule has 0 fully saturated rings. The summed E-state index contributed by atoms with van der Waals surface area (Å²) in [7, 11) is 0. The van der Waals surface area contributed by atoms with E-state index in [4.69, 9.17) is 0 Å². The molecule has 0 aliphatic rings. The first-order valence-electron chi connectivity index (χ1n) is 8.32. The molecule has 0 radical (unpaired) electrons. The van der Waals surface area contributed by atoms with Gasteiger partial charge in [-0.05, 0) is 24.6 Å². The fraction of sp³-hybridized carbons (Fsp3) is 0.667. The minimum atomic E-state index is -0.168. The van der Waals surface area contributed by atoms with Crippen molar-refractivity contribution in [2.75, 3.05) is 11.9 Å². The van der Waals surface area contributed by atoms with Gasteiger partial charge in [-0.1, -0.05) is 70.8 Å². The van der Waals surface area contributed by atoms with E-state index in [2.05, 4.69) is 12.2 Å². The van der Waals surface area contributed by atoms with Gasteiger partial charge in [0.1, 0.15) is 5.82 Å². The number of nitrogens with one attached hydrogen (secondary N) is 1. The van der Waals surface area contributed by atoms with Gasteiger partial charge in [-0.15, -0.1) is 0 Å². The molecule has 0 aliphatic heterocycles. The number of hydrogen-bond acceptors (Lipinski definition) is 1. The topological polar surface area (TPSA) is 12.0 Å². The van der Waals surface area contributed by atoms with Gasteiger partial charge in [0.2, 0.25) is 0 Å². The summed E-state index contributed by atoms with van der Waals surface area (Å²) >= 11 is 0. The smallest absolute Gasteiger partial charge is 0.125 e. The highest BCUT2D eigenvalue weighted by atomic mass is 19.1. The maximum Gasteiger partial charge on any atom is 0.125 e. The van der Waals surface area contributed by atoms with E-state index in [0.29, 0.717) is 0 Å². The highest BCUT2D eigenvalue weighted by Crippen LogP contribution is 2.12. The molecular weight excluding hydrogens is 249 g/mol. The highest BCUT2D eigenvalue weighted by molar-refractivity contribution is 5.42. The van der Waals surface area contributed by atoms with Gasteiger partial charge in [0, 0.05) is 12.2 Å². The van der Waals surface area contributed by atoms with Crippen molar-refractivity contribution >= 4 is 5.69 Å². The van der Waals surface area contributed by atoms with Crippen molar-refractivity contribution in [3.05, 3.63) is 30.1 Å². The molecule has 1 rings (SSSR count). The molecule has 0 spiro atoms. The third-order valence-electron chi connectivity index (χ3n) is 3.68. The fourth-order valence-electron chi connectivity index (χ4n) is 2.44. The van der Waals surface area contributed by atoms with Crippen LogP contribution in [0.3, 0.4) is 0 Å². The van der Waals surface area contributed by atoms with Crippen LogP contribution in [0.1, 0.15) is 71.1 Å². The number of unbranched alkanes of at least 4 members (excludes halogenated alkanes) is 9. The minimum Gasteiger partial charge on any atom is -0.385 e. The first kappa shape index (κ1) is 17.0. The van der Waals surface area contributed by atoms with Gasteiger partial charge in [0.05, 0.1) is 0 Å². The summed E-state index contributed by atoms with van der Waals surface area (Å²) < 4.78 is 13.0. The lowest BCUT2D eigenvalue weighted by molar-refractivity contribution is 0.560. The van der Waals surface area contributed by atoms with Crippen molar-refractivity contribution in [1.82, 2.24) is 0 Å². The maximum absolute atomic E-state index is 13.0. The Balaban J connectivity index is 1.85. The Morgan fingerprint density at radius 1 is 0.850 bits per heavy atom. The van der Waals surface area contributed by atoms with Crippen LogP contribution in [-0.4, -0.2) is 6.54 Å². The van der Waals surface area contributed by atoms with E-state index in [9.17, 15) is 4.39 Å².